The number of rotatable bonds is 4. The topological polar surface area (TPSA) is 55.6 Å². The van der Waals surface area contributed by atoms with Crippen LogP contribution in [0.25, 0.3) is 76.9 Å². The van der Waals surface area contributed by atoms with E-state index in [0.717, 1.165) is 94.0 Å². The van der Waals surface area contributed by atoms with Crippen LogP contribution < -0.4 is 4.90 Å². The number of para-hydroxylation sites is 3. The van der Waals surface area contributed by atoms with Crippen LogP contribution in [-0.4, -0.2) is 4.98 Å². The Labute approximate surface area is 262 Å². The first-order chi connectivity index (χ1) is 22.8. The summed E-state index contributed by atoms with van der Waals surface area (Å²) < 4.78 is 19.0. The standard InChI is InChI=1S/C41H24N2O3/c1-3-12-35-28(7-1)30-9-5-11-34(41(30)46-35)43(33-10-6-14-38-40(33)31-8-2-4-13-36(31)44-38)27-18-15-25(16-19-27)26-17-20-29-32-24-42-22-21-37(32)45-39(29)23-26/h1-24H. The predicted molar refractivity (Wildman–Crippen MR) is 186 cm³/mol. The Morgan fingerprint density at radius 3 is 1.98 bits per heavy atom. The average Bonchev–Trinajstić information content (AvgIpc) is 3.80. The van der Waals surface area contributed by atoms with Gasteiger partial charge in [0.25, 0.3) is 0 Å². The summed E-state index contributed by atoms with van der Waals surface area (Å²) in [5.41, 5.74) is 10.2. The average molecular weight is 593 g/mol. The van der Waals surface area contributed by atoms with Gasteiger partial charge in [-0.15, -0.1) is 0 Å². The van der Waals surface area contributed by atoms with Gasteiger partial charge in [-0.2, -0.15) is 0 Å². The van der Waals surface area contributed by atoms with Crippen molar-refractivity contribution >= 4 is 82.9 Å². The number of benzene rings is 6. The first-order valence-corrected chi connectivity index (χ1v) is 15.3. The van der Waals surface area contributed by atoms with E-state index in [9.17, 15) is 0 Å². The lowest BCUT2D eigenvalue weighted by Gasteiger charge is -2.26. The SMILES string of the molecule is c1ccc2c(c1)oc1c(N(c3ccc(-c4ccc5c(c4)oc4ccncc45)cc3)c3cccc4oc5ccccc5c34)cccc12. The van der Waals surface area contributed by atoms with Crippen molar-refractivity contribution in [3.8, 4) is 11.1 Å². The van der Waals surface area contributed by atoms with Gasteiger partial charge in [-0.25, -0.2) is 0 Å². The predicted octanol–water partition coefficient (Wildman–Crippen LogP) is 11.9. The Morgan fingerprint density at radius 1 is 0.435 bits per heavy atom. The van der Waals surface area contributed by atoms with Crippen LogP contribution in [0, 0.1) is 0 Å². The van der Waals surface area contributed by atoms with Gasteiger partial charge in [0.2, 0.25) is 0 Å². The fourth-order valence-corrected chi connectivity index (χ4v) is 6.86. The maximum atomic E-state index is 6.57. The highest BCUT2D eigenvalue weighted by Crippen LogP contribution is 2.46. The maximum absolute atomic E-state index is 6.57. The molecule has 4 heterocycles. The summed E-state index contributed by atoms with van der Waals surface area (Å²) in [6, 6.07) is 46.0. The van der Waals surface area contributed by atoms with Crippen molar-refractivity contribution in [1.82, 2.24) is 4.98 Å². The Hall–Kier alpha value is -6.33. The molecule has 0 bridgehead atoms. The molecule has 0 atom stereocenters. The normalized spacial score (nSPS) is 11.9. The molecule has 10 rings (SSSR count). The van der Waals surface area contributed by atoms with Crippen LogP contribution >= 0.6 is 0 Å². The van der Waals surface area contributed by atoms with Crippen LogP contribution in [0.3, 0.4) is 0 Å². The summed E-state index contributed by atoms with van der Waals surface area (Å²) in [6.45, 7) is 0. The fourth-order valence-electron chi connectivity index (χ4n) is 6.86. The fraction of sp³-hybridized carbons (Fsp3) is 0. The zero-order valence-corrected chi connectivity index (χ0v) is 24.5. The highest BCUT2D eigenvalue weighted by Gasteiger charge is 2.23. The second-order valence-corrected chi connectivity index (χ2v) is 11.6. The molecule has 10 aromatic rings. The molecule has 6 aromatic carbocycles. The first-order valence-electron chi connectivity index (χ1n) is 15.3. The number of hydrogen-bond donors (Lipinski definition) is 0. The molecule has 0 unspecified atom stereocenters. The van der Waals surface area contributed by atoms with E-state index in [1.54, 1.807) is 6.20 Å². The molecule has 0 radical (unpaired) electrons. The van der Waals surface area contributed by atoms with E-state index in [-0.39, 0.29) is 0 Å². The second-order valence-electron chi connectivity index (χ2n) is 11.6. The van der Waals surface area contributed by atoms with Gasteiger partial charge in [-0.1, -0.05) is 72.8 Å². The Balaban J connectivity index is 1.18. The van der Waals surface area contributed by atoms with Crippen LogP contribution in [-0.2, 0) is 0 Å². The van der Waals surface area contributed by atoms with Crippen molar-refractivity contribution in [3.05, 3.63) is 146 Å². The van der Waals surface area contributed by atoms with Gasteiger partial charge in [-0.05, 0) is 71.8 Å². The molecule has 0 saturated heterocycles. The number of fused-ring (bicyclic) bond motifs is 9. The number of pyridine rings is 1. The van der Waals surface area contributed by atoms with Gasteiger partial charge in [0.15, 0.2) is 5.58 Å². The van der Waals surface area contributed by atoms with Crippen molar-refractivity contribution in [1.29, 1.82) is 0 Å². The molecule has 0 N–H and O–H groups in total. The molecule has 5 heteroatoms. The third kappa shape index (κ3) is 3.66. The summed E-state index contributed by atoms with van der Waals surface area (Å²) in [5.74, 6) is 0. The lowest BCUT2D eigenvalue weighted by molar-refractivity contribution is 0.668. The smallest absolute Gasteiger partial charge is 0.159 e. The van der Waals surface area contributed by atoms with Crippen molar-refractivity contribution < 1.29 is 13.3 Å². The molecule has 0 aliphatic carbocycles. The molecular weight excluding hydrogens is 568 g/mol. The van der Waals surface area contributed by atoms with E-state index in [1.807, 2.05) is 42.6 Å². The molecule has 46 heavy (non-hydrogen) atoms. The number of furan rings is 3. The second kappa shape index (κ2) is 9.58. The van der Waals surface area contributed by atoms with E-state index < -0.39 is 0 Å². The summed E-state index contributed by atoms with van der Waals surface area (Å²) in [5, 5.41) is 6.39. The van der Waals surface area contributed by atoms with Crippen molar-refractivity contribution in [3.63, 3.8) is 0 Å². The Kier molecular flexibility index (Phi) is 5.22. The van der Waals surface area contributed by atoms with Crippen LogP contribution in [0.1, 0.15) is 0 Å². The van der Waals surface area contributed by atoms with E-state index in [1.165, 1.54) is 0 Å². The van der Waals surface area contributed by atoms with E-state index >= 15 is 0 Å². The van der Waals surface area contributed by atoms with Gasteiger partial charge in [0.1, 0.15) is 27.9 Å². The molecule has 5 nitrogen and oxygen atoms in total. The molecule has 0 aliphatic rings. The minimum Gasteiger partial charge on any atom is -0.456 e. The van der Waals surface area contributed by atoms with Crippen molar-refractivity contribution in [2.24, 2.45) is 0 Å². The molecule has 0 saturated carbocycles. The van der Waals surface area contributed by atoms with Gasteiger partial charge >= 0.3 is 0 Å². The van der Waals surface area contributed by atoms with Gasteiger partial charge < -0.3 is 18.2 Å². The van der Waals surface area contributed by atoms with Crippen molar-refractivity contribution in [2.75, 3.05) is 4.90 Å². The lowest BCUT2D eigenvalue weighted by Crippen LogP contribution is -2.10. The van der Waals surface area contributed by atoms with Crippen LogP contribution in [0.2, 0.25) is 0 Å². The largest absolute Gasteiger partial charge is 0.456 e. The minimum atomic E-state index is 0.836. The lowest BCUT2D eigenvalue weighted by atomic mass is 10.0. The van der Waals surface area contributed by atoms with Crippen molar-refractivity contribution in [2.45, 2.75) is 0 Å². The molecule has 216 valence electrons. The zero-order valence-electron chi connectivity index (χ0n) is 24.5. The van der Waals surface area contributed by atoms with Gasteiger partial charge in [0, 0.05) is 45.0 Å². The minimum absolute atomic E-state index is 0.836. The molecule has 0 aliphatic heterocycles. The van der Waals surface area contributed by atoms with Crippen LogP contribution in [0.4, 0.5) is 17.1 Å². The Morgan fingerprint density at radius 2 is 1.09 bits per heavy atom. The summed E-state index contributed by atoms with van der Waals surface area (Å²) in [7, 11) is 0. The molecular formula is C41H24N2O3. The number of aromatic nitrogens is 1. The summed E-state index contributed by atoms with van der Waals surface area (Å²) >= 11 is 0. The number of anilines is 3. The van der Waals surface area contributed by atoms with Gasteiger partial charge in [0.05, 0.1) is 16.8 Å². The van der Waals surface area contributed by atoms with E-state index in [0.29, 0.717) is 0 Å². The molecule has 0 spiro atoms. The third-order valence-corrected chi connectivity index (χ3v) is 8.98. The quantitative estimate of drug-likeness (QED) is 0.203. The monoisotopic (exact) mass is 592 g/mol. The molecule has 0 fully saturated rings. The Bertz CT molecular complexity index is 2770. The molecule has 4 aromatic heterocycles. The summed E-state index contributed by atoms with van der Waals surface area (Å²) in [6.07, 6.45) is 3.62. The van der Waals surface area contributed by atoms with Crippen LogP contribution in [0.15, 0.2) is 159 Å². The highest BCUT2D eigenvalue weighted by atomic mass is 16.3. The number of nitrogens with zero attached hydrogens (tertiary/aromatic N) is 2. The van der Waals surface area contributed by atoms with Crippen LogP contribution in [0.5, 0.6) is 0 Å². The summed E-state index contributed by atoms with van der Waals surface area (Å²) in [4.78, 5) is 6.56. The molecule has 0 amide bonds. The van der Waals surface area contributed by atoms with Gasteiger partial charge in [-0.3, -0.25) is 4.98 Å². The van der Waals surface area contributed by atoms with E-state index in [4.69, 9.17) is 13.3 Å². The highest BCUT2D eigenvalue weighted by molar-refractivity contribution is 6.16. The zero-order chi connectivity index (χ0) is 30.2. The van der Waals surface area contributed by atoms with E-state index in [2.05, 4.69) is 107 Å². The third-order valence-electron chi connectivity index (χ3n) is 8.98. The maximum Gasteiger partial charge on any atom is 0.159 e. The number of hydrogen-bond acceptors (Lipinski definition) is 5. The first kappa shape index (κ1) is 25.0.